The van der Waals surface area contributed by atoms with E-state index in [1.165, 1.54) is 12.8 Å². The van der Waals surface area contributed by atoms with Gasteiger partial charge in [-0.1, -0.05) is 25.6 Å². The monoisotopic (exact) mass is 463 g/mol. The quantitative estimate of drug-likeness (QED) is 0.619. The summed E-state index contributed by atoms with van der Waals surface area (Å²) in [5.74, 6) is 0.139. The van der Waals surface area contributed by atoms with Gasteiger partial charge < -0.3 is 15.5 Å². The number of aromatic nitrogens is 1. The maximum Gasteiger partial charge on any atom is 0.236 e. The molecule has 4 heterocycles. The summed E-state index contributed by atoms with van der Waals surface area (Å²) in [5.41, 5.74) is 4.41. The number of amides is 2. The molecule has 7 heteroatoms. The molecule has 7 nitrogen and oxygen atoms in total. The second kappa shape index (κ2) is 11.0. The SMILES string of the molecule is C=Cc1ccc(C2=CC(CC)N2)nc1/C=C(\C)NC(=O)C1CCN(C(=O)CN2CCCC2)CC1. The number of hydrogen-bond donors (Lipinski definition) is 2. The Balaban J connectivity index is 1.32. The van der Waals surface area contributed by atoms with Gasteiger partial charge in [0.15, 0.2) is 0 Å². The molecule has 1 aromatic rings. The van der Waals surface area contributed by atoms with Crippen LogP contribution < -0.4 is 10.6 Å². The maximum absolute atomic E-state index is 12.9. The van der Waals surface area contributed by atoms with Crippen LogP contribution in [0.3, 0.4) is 0 Å². The molecule has 0 aliphatic carbocycles. The van der Waals surface area contributed by atoms with Crippen molar-refractivity contribution in [1.82, 2.24) is 25.4 Å². The molecule has 2 amide bonds. The van der Waals surface area contributed by atoms with Gasteiger partial charge in [0.1, 0.15) is 0 Å². The molecule has 0 bridgehead atoms. The summed E-state index contributed by atoms with van der Waals surface area (Å²) >= 11 is 0. The fourth-order valence-corrected chi connectivity index (χ4v) is 4.86. The fraction of sp³-hybridized carbons (Fsp3) is 0.519. The number of likely N-dealkylation sites (tertiary alicyclic amines) is 2. The van der Waals surface area contributed by atoms with Crippen molar-refractivity contribution >= 4 is 29.7 Å². The van der Waals surface area contributed by atoms with Gasteiger partial charge in [-0.3, -0.25) is 14.5 Å². The van der Waals surface area contributed by atoms with E-state index < -0.39 is 0 Å². The number of allylic oxidation sites excluding steroid dienone is 1. The lowest BCUT2D eigenvalue weighted by molar-refractivity contribution is -0.136. The van der Waals surface area contributed by atoms with Gasteiger partial charge in [-0.05, 0) is 75.9 Å². The molecule has 2 N–H and O–H groups in total. The molecule has 34 heavy (non-hydrogen) atoms. The molecule has 2 fully saturated rings. The summed E-state index contributed by atoms with van der Waals surface area (Å²) < 4.78 is 0. The van der Waals surface area contributed by atoms with Crippen LogP contribution in [-0.2, 0) is 9.59 Å². The molecular weight excluding hydrogens is 426 g/mol. The Morgan fingerprint density at radius 2 is 1.91 bits per heavy atom. The van der Waals surface area contributed by atoms with Crippen LogP contribution in [0.5, 0.6) is 0 Å². The van der Waals surface area contributed by atoms with E-state index in [-0.39, 0.29) is 17.7 Å². The number of carbonyl (C=O) groups excluding carboxylic acids is 2. The number of nitrogens with zero attached hydrogens (tertiary/aromatic N) is 3. The Labute approximate surface area is 203 Å². The van der Waals surface area contributed by atoms with Crippen LogP contribution in [0, 0.1) is 5.92 Å². The third-order valence-corrected chi connectivity index (χ3v) is 7.05. The van der Waals surface area contributed by atoms with Gasteiger partial charge >= 0.3 is 0 Å². The highest BCUT2D eigenvalue weighted by atomic mass is 16.2. The minimum absolute atomic E-state index is 0.0193. The Morgan fingerprint density at radius 3 is 2.56 bits per heavy atom. The molecule has 2 saturated heterocycles. The summed E-state index contributed by atoms with van der Waals surface area (Å²) in [6.07, 6.45) is 10.7. The van der Waals surface area contributed by atoms with Gasteiger partial charge in [-0.2, -0.15) is 0 Å². The van der Waals surface area contributed by atoms with E-state index in [0.717, 1.165) is 47.9 Å². The van der Waals surface area contributed by atoms with Crippen molar-refractivity contribution in [3.63, 3.8) is 0 Å². The van der Waals surface area contributed by atoms with Crippen molar-refractivity contribution in [3.8, 4) is 0 Å². The second-order valence-corrected chi connectivity index (χ2v) is 9.57. The normalized spacial score (nSPS) is 21.5. The first-order valence-corrected chi connectivity index (χ1v) is 12.6. The van der Waals surface area contributed by atoms with Crippen LogP contribution in [-0.4, -0.2) is 65.4 Å². The largest absolute Gasteiger partial charge is 0.377 e. The molecule has 1 aromatic heterocycles. The van der Waals surface area contributed by atoms with Crippen LogP contribution >= 0.6 is 0 Å². The molecule has 1 unspecified atom stereocenters. The van der Waals surface area contributed by atoms with Crippen molar-refractivity contribution in [2.75, 3.05) is 32.7 Å². The molecular formula is C27H37N5O2. The van der Waals surface area contributed by atoms with Gasteiger partial charge in [-0.15, -0.1) is 0 Å². The molecule has 1 atom stereocenters. The van der Waals surface area contributed by atoms with Gasteiger partial charge in [-0.25, -0.2) is 4.98 Å². The maximum atomic E-state index is 12.9. The van der Waals surface area contributed by atoms with E-state index in [4.69, 9.17) is 4.98 Å². The summed E-state index contributed by atoms with van der Waals surface area (Å²) in [7, 11) is 0. The fourth-order valence-electron chi connectivity index (χ4n) is 4.86. The number of pyridine rings is 1. The lowest BCUT2D eigenvalue weighted by atomic mass is 9.95. The average molecular weight is 464 g/mol. The van der Waals surface area contributed by atoms with E-state index in [0.29, 0.717) is 38.5 Å². The molecule has 182 valence electrons. The first-order chi connectivity index (χ1) is 16.5. The molecule has 4 rings (SSSR count). The van der Waals surface area contributed by atoms with Crippen LogP contribution in [0.4, 0.5) is 0 Å². The predicted molar refractivity (Wildman–Crippen MR) is 136 cm³/mol. The summed E-state index contributed by atoms with van der Waals surface area (Å²) in [5, 5.41) is 6.47. The van der Waals surface area contributed by atoms with Crippen molar-refractivity contribution < 1.29 is 9.59 Å². The summed E-state index contributed by atoms with van der Waals surface area (Å²) in [4.78, 5) is 34.4. The minimum Gasteiger partial charge on any atom is -0.377 e. The summed E-state index contributed by atoms with van der Waals surface area (Å²) in [6.45, 7) is 11.8. The van der Waals surface area contributed by atoms with E-state index in [9.17, 15) is 9.59 Å². The van der Waals surface area contributed by atoms with Gasteiger partial charge in [0.05, 0.1) is 23.6 Å². The smallest absolute Gasteiger partial charge is 0.236 e. The zero-order chi connectivity index (χ0) is 24.1. The highest BCUT2D eigenvalue weighted by molar-refractivity contribution is 5.83. The molecule has 0 aromatic carbocycles. The lowest BCUT2D eigenvalue weighted by Crippen LogP contribution is -2.46. The van der Waals surface area contributed by atoms with Crippen LogP contribution in [0.1, 0.15) is 62.9 Å². The Hall–Kier alpha value is -2.93. The molecule has 3 aliphatic rings. The van der Waals surface area contributed by atoms with Crippen LogP contribution in [0.15, 0.2) is 30.5 Å². The second-order valence-electron chi connectivity index (χ2n) is 9.57. The number of piperidine rings is 1. The van der Waals surface area contributed by atoms with E-state index in [1.807, 2.05) is 30.0 Å². The van der Waals surface area contributed by atoms with E-state index in [1.54, 1.807) is 6.08 Å². The molecule has 0 spiro atoms. The number of carbonyl (C=O) groups is 2. The van der Waals surface area contributed by atoms with Crippen molar-refractivity contribution in [2.24, 2.45) is 5.92 Å². The standard InChI is InChI=1S/C27H37N5O2/c1-4-20-8-9-23(25-17-22(5-2)29-25)30-24(20)16-19(3)28-27(34)21-10-14-32(15-11-21)26(33)18-31-12-6-7-13-31/h4,8-9,16-17,21-22,29H,1,5-7,10-15,18H2,2-3H3,(H,28,34)/b19-16+. The lowest BCUT2D eigenvalue weighted by Gasteiger charge is -2.32. The van der Waals surface area contributed by atoms with E-state index in [2.05, 4.69) is 35.1 Å². The van der Waals surface area contributed by atoms with Crippen LogP contribution in [0.2, 0.25) is 0 Å². The van der Waals surface area contributed by atoms with Gasteiger partial charge in [0.25, 0.3) is 0 Å². The van der Waals surface area contributed by atoms with Gasteiger partial charge in [0, 0.05) is 30.7 Å². The zero-order valence-corrected chi connectivity index (χ0v) is 20.5. The van der Waals surface area contributed by atoms with Crippen LogP contribution in [0.25, 0.3) is 17.8 Å². The highest BCUT2D eigenvalue weighted by Crippen LogP contribution is 2.23. The molecule has 0 saturated carbocycles. The third kappa shape index (κ3) is 5.76. The highest BCUT2D eigenvalue weighted by Gasteiger charge is 2.28. The van der Waals surface area contributed by atoms with Gasteiger partial charge in [0.2, 0.25) is 11.8 Å². The Bertz CT molecular complexity index is 985. The first-order valence-electron chi connectivity index (χ1n) is 12.6. The number of nitrogens with one attached hydrogen (secondary N) is 2. The van der Waals surface area contributed by atoms with E-state index >= 15 is 0 Å². The third-order valence-electron chi connectivity index (χ3n) is 7.05. The predicted octanol–water partition coefficient (Wildman–Crippen LogP) is 3.26. The average Bonchev–Trinajstić information content (AvgIpc) is 3.31. The minimum atomic E-state index is -0.0762. The topological polar surface area (TPSA) is 77.6 Å². The number of rotatable bonds is 8. The van der Waals surface area contributed by atoms with Crippen molar-refractivity contribution in [2.45, 2.75) is 52.0 Å². The molecule has 3 aliphatic heterocycles. The first kappa shape index (κ1) is 24.2. The molecule has 0 radical (unpaired) electrons. The van der Waals surface area contributed by atoms with Crippen molar-refractivity contribution in [1.29, 1.82) is 0 Å². The Kier molecular flexibility index (Phi) is 7.83. The summed E-state index contributed by atoms with van der Waals surface area (Å²) in [6, 6.07) is 4.41. The van der Waals surface area contributed by atoms with Crippen molar-refractivity contribution in [3.05, 3.63) is 47.4 Å². The Morgan fingerprint density at radius 1 is 1.21 bits per heavy atom. The number of hydrogen-bond acceptors (Lipinski definition) is 5. The zero-order valence-electron chi connectivity index (χ0n) is 20.5.